The number of hydrogen-bond acceptors (Lipinski definition) is 3. The van der Waals surface area contributed by atoms with Gasteiger partial charge in [-0.15, -0.1) is 0 Å². The molecular formula is C13H15FN2O. The van der Waals surface area contributed by atoms with Crippen LogP contribution in [0.25, 0.3) is 0 Å². The Morgan fingerprint density at radius 3 is 2.65 bits per heavy atom. The van der Waals surface area contributed by atoms with E-state index in [1.54, 1.807) is 18.4 Å². The Bertz CT molecular complexity index is 439. The van der Waals surface area contributed by atoms with Crippen LogP contribution < -0.4 is 5.32 Å². The van der Waals surface area contributed by atoms with E-state index >= 15 is 0 Å². The van der Waals surface area contributed by atoms with E-state index in [0.29, 0.717) is 6.54 Å². The predicted octanol–water partition coefficient (Wildman–Crippen LogP) is 3.05. The van der Waals surface area contributed by atoms with Crippen LogP contribution in [-0.2, 0) is 6.54 Å². The molecule has 1 aromatic carbocycles. The highest BCUT2D eigenvalue weighted by atomic mass is 19.1. The third-order valence-corrected chi connectivity index (χ3v) is 2.70. The van der Waals surface area contributed by atoms with Gasteiger partial charge in [0.15, 0.2) is 0 Å². The summed E-state index contributed by atoms with van der Waals surface area (Å²) in [4.78, 5) is 0. The summed E-state index contributed by atoms with van der Waals surface area (Å²) in [7, 11) is 0. The molecule has 2 aromatic rings. The Kier molecular flexibility index (Phi) is 3.88. The Balaban J connectivity index is 1.99. The molecule has 0 aliphatic carbocycles. The fraction of sp³-hybridized carbons (Fsp3) is 0.308. The summed E-state index contributed by atoms with van der Waals surface area (Å²) in [6.45, 7) is 2.73. The first-order valence-electron chi connectivity index (χ1n) is 5.67. The lowest BCUT2D eigenvalue weighted by atomic mass is 10.0. The quantitative estimate of drug-likeness (QED) is 0.864. The average Bonchev–Trinajstić information content (AvgIpc) is 2.85. The van der Waals surface area contributed by atoms with Crippen LogP contribution in [-0.4, -0.2) is 5.16 Å². The van der Waals surface area contributed by atoms with E-state index in [1.165, 1.54) is 12.1 Å². The van der Waals surface area contributed by atoms with Crippen LogP contribution in [0.15, 0.2) is 41.1 Å². The fourth-order valence-corrected chi connectivity index (χ4v) is 1.75. The van der Waals surface area contributed by atoms with Crippen LogP contribution >= 0.6 is 0 Å². The van der Waals surface area contributed by atoms with Gasteiger partial charge in [-0.25, -0.2) is 4.39 Å². The van der Waals surface area contributed by atoms with Gasteiger partial charge in [0.05, 0.1) is 5.69 Å². The molecule has 4 heteroatoms. The molecule has 0 saturated carbocycles. The lowest BCUT2D eigenvalue weighted by Gasteiger charge is -2.16. The van der Waals surface area contributed by atoms with Gasteiger partial charge in [-0.05, 0) is 24.1 Å². The standard InChI is InChI=1S/C13H15FN2O/c1-2-13(10-3-5-11(14)6-4-10)15-9-12-7-8-17-16-12/h3-8,13,15H,2,9H2,1H3. The van der Waals surface area contributed by atoms with Crippen molar-refractivity contribution >= 4 is 0 Å². The zero-order valence-electron chi connectivity index (χ0n) is 9.69. The predicted molar refractivity (Wildman–Crippen MR) is 62.8 cm³/mol. The Hall–Kier alpha value is -1.68. The molecule has 17 heavy (non-hydrogen) atoms. The van der Waals surface area contributed by atoms with Gasteiger partial charge >= 0.3 is 0 Å². The average molecular weight is 234 g/mol. The minimum Gasteiger partial charge on any atom is -0.364 e. The van der Waals surface area contributed by atoms with Crippen molar-refractivity contribution < 1.29 is 8.91 Å². The maximum Gasteiger partial charge on any atom is 0.124 e. The molecule has 1 aromatic heterocycles. The minimum absolute atomic E-state index is 0.201. The molecule has 1 atom stereocenters. The van der Waals surface area contributed by atoms with Crippen LogP contribution in [0.2, 0.25) is 0 Å². The summed E-state index contributed by atoms with van der Waals surface area (Å²) in [6.07, 6.45) is 2.49. The first-order chi connectivity index (χ1) is 8.29. The third kappa shape index (κ3) is 3.14. The topological polar surface area (TPSA) is 38.1 Å². The Morgan fingerprint density at radius 1 is 1.29 bits per heavy atom. The summed E-state index contributed by atoms with van der Waals surface area (Å²) < 4.78 is 17.6. The molecule has 0 amide bonds. The molecule has 0 radical (unpaired) electrons. The molecule has 2 rings (SSSR count). The van der Waals surface area contributed by atoms with E-state index in [4.69, 9.17) is 4.52 Å². The highest BCUT2D eigenvalue weighted by molar-refractivity contribution is 5.19. The lowest BCUT2D eigenvalue weighted by molar-refractivity contribution is 0.403. The molecule has 0 spiro atoms. The van der Waals surface area contributed by atoms with E-state index in [9.17, 15) is 4.39 Å². The monoisotopic (exact) mass is 234 g/mol. The maximum atomic E-state index is 12.8. The molecule has 1 heterocycles. The van der Waals surface area contributed by atoms with Crippen molar-refractivity contribution in [1.29, 1.82) is 0 Å². The summed E-state index contributed by atoms with van der Waals surface area (Å²) in [6, 6.07) is 8.60. The van der Waals surface area contributed by atoms with Crippen LogP contribution in [0.4, 0.5) is 4.39 Å². The van der Waals surface area contributed by atoms with Gasteiger partial charge < -0.3 is 9.84 Å². The fourth-order valence-electron chi connectivity index (χ4n) is 1.75. The van der Waals surface area contributed by atoms with Crippen molar-refractivity contribution in [3.05, 3.63) is 53.7 Å². The van der Waals surface area contributed by atoms with E-state index in [-0.39, 0.29) is 11.9 Å². The second-order valence-electron chi connectivity index (χ2n) is 3.88. The zero-order valence-corrected chi connectivity index (χ0v) is 9.69. The number of nitrogens with zero attached hydrogens (tertiary/aromatic N) is 1. The molecule has 90 valence electrons. The molecule has 0 bridgehead atoms. The first-order valence-corrected chi connectivity index (χ1v) is 5.67. The van der Waals surface area contributed by atoms with E-state index < -0.39 is 0 Å². The van der Waals surface area contributed by atoms with Crippen LogP contribution in [0.5, 0.6) is 0 Å². The van der Waals surface area contributed by atoms with Crippen molar-refractivity contribution in [2.75, 3.05) is 0 Å². The summed E-state index contributed by atoms with van der Waals surface area (Å²) in [5, 5.41) is 7.20. The third-order valence-electron chi connectivity index (χ3n) is 2.70. The highest BCUT2D eigenvalue weighted by Crippen LogP contribution is 2.17. The number of nitrogens with one attached hydrogen (secondary N) is 1. The van der Waals surface area contributed by atoms with Crippen LogP contribution in [0.1, 0.15) is 30.6 Å². The van der Waals surface area contributed by atoms with E-state index in [2.05, 4.69) is 17.4 Å². The molecule has 0 aliphatic rings. The number of benzene rings is 1. The smallest absolute Gasteiger partial charge is 0.124 e. The number of hydrogen-bond donors (Lipinski definition) is 1. The lowest BCUT2D eigenvalue weighted by Crippen LogP contribution is -2.20. The zero-order chi connectivity index (χ0) is 12.1. The van der Waals surface area contributed by atoms with Crippen molar-refractivity contribution in [3.8, 4) is 0 Å². The molecular weight excluding hydrogens is 219 g/mol. The van der Waals surface area contributed by atoms with Gasteiger partial charge in [0, 0.05) is 18.7 Å². The summed E-state index contributed by atoms with van der Waals surface area (Å²) in [5.41, 5.74) is 1.95. The number of halogens is 1. The Morgan fingerprint density at radius 2 is 2.06 bits per heavy atom. The first kappa shape index (κ1) is 11.8. The van der Waals surface area contributed by atoms with Crippen molar-refractivity contribution in [2.24, 2.45) is 0 Å². The van der Waals surface area contributed by atoms with Crippen LogP contribution in [0.3, 0.4) is 0 Å². The molecule has 0 saturated heterocycles. The van der Waals surface area contributed by atoms with Gasteiger partial charge in [0.25, 0.3) is 0 Å². The van der Waals surface area contributed by atoms with Crippen molar-refractivity contribution in [2.45, 2.75) is 25.9 Å². The largest absolute Gasteiger partial charge is 0.364 e. The maximum absolute atomic E-state index is 12.8. The van der Waals surface area contributed by atoms with Crippen molar-refractivity contribution in [1.82, 2.24) is 10.5 Å². The van der Waals surface area contributed by atoms with Gasteiger partial charge in [-0.2, -0.15) is 0 Å². The normalized spacial score (nSPS) is 12.6. The number of rotatable bonds is 5. The summed E-state index contributed by atoms with van der Waals surface area (Å²) in [5.74, 6) is -0.208. The SMILES string of the molecule is CCC(NCc1ccon1)c1ccc(F)cc1. The van der Waals surface area contributed by atoms with Crippen molar-refractivity contribution in [3.63, 3.8) is 0 Å². The van der Waals surface area contributed by atoms with E-state index in [1.807, 2.05) is 6.07 Å². The second-order valence-corrected chi connectivity index (χ2v) is 3.88. The van der Waals surface area contributed by atoms with Crippen LogP contribution in [0, 0.1) is 5.82 Å². The molecule has 0 fully saturated rings. The molecule has 1 unspecified atom stereocenters. The van der Waals surface area contributed by atoms with E-state index in [0.717, 1.165) is 17.7 Å². The van der Waals surface area contributed by atoms with Gasteiger partial charge in [0.1, 0.15) is 12.1 Å². The molecule has 0 aliphatic heterocycles. The number of aromatic nitrogens is 1. The Labute approximate surface area is 99.6 Å². The minimum atomic E-state index is -0.208. The van der Waals surface area contributed by atoms with Gasteiger partial charge in [-0.3, -0.25) is 0 Å². The second kappa shape index (κ2) is 5.59. The highest BCUT2D eigenvalue weighted by Gasteiger charge is 2.09. The van der Waals surface area contributed by atoms with Gasteiger partial charge in [0.2, 0.25) is 0 Å². The molecule has 1 N–H and O–H groups in total. The molecule has 3 nitrogen and oxygen atoms in total. The summed E-state index contributed by atoms with van der Waals surface area (Å²) >= 11 is 0. The van der Waals surface area contributed by atoms with Gasteiger partial charge in [-0.1, -0.05) is 24.2 Å².